The van der Waals surface area contributed by atoms with Crippen LogP contribution in [0.4, 0.5) is 0 Å². The number of thiophene rings is 2. The fraction of sp³-hybridized carbons (Fsp3) is 0.190. The number of H-pyrrole nitrogens is 1. The first-order valence-electron chi connectivity index (χ1n) is 9.60. The molecule has 7 nitrogen and oxygen atoms in total. The number of thioether (sulfide) groups is 1. The van der Waals surface area contributed by atoms with Gasteiger partial charge in [0.2, 0.25) is 5.16 Å². The molecule has 1 unspecified atom stereocenters. The summed E-state index contributed by atoms with van der Waals surface area (Å²) in [6, 6.07) is 10.1. The number of para-hydroxylation sites is 1. The molecule has 5 rings (SSSR count). The lowest BCUT2D eigenvalue weighted by atomic mass is 10.1. The van der Waals surface area contributed by atoms with Gasteiger partial charge in [-0.05, 0) is 53.8 Å². The van der Waals surface area contributed by atoms with Crippen molar-refractivity contribution in [2.24, 2.45) is 0 Å². The van der Waals surface area contributed by atoms with Crippen molar-refractivity contribution >= 4 is 44.7 Å². The maximum atomic E-state index is 12.9. The van der Waals surface area contributed by atoms with Crippen LogP contribution in [-0.2, 0) is 0 Å². The minimum Gasteiger partial charge on any atom is -0.309 e. The molecule has 1 aromatic carbocycles. The summed E-state index contributed by atoms with van der Waals surface area (Å²) in [6.07, 6.45) is 0. The Kier molecular flexibility index (Phi) is 5.20. The number of tetrazole rings is 1. The molecular weight excluding hydrogens is 448 g/mol. The summed E-state index contributed by atoms with van der Waals surface area (Å²) in [4.78, 5) is 22.5. The molecule has 0 fully saturated rings. The lowest BCUT2D eigenvalue weighted by Crippen LogP contribution is -2.12. The zero-order valence-corrected chi connectivity index (χ0v) is 19.4. The maximum Gasteiger partial charge on any atom is 0.260 e. The van der Waals surface area contributed by atoms with E-state index in [-0.39, 0.29) is 10.8 Å². The number of aryl methyl sites for hydroxylation is 2. The van der Waals surface area contributed by atoms with Crippen molar-refractivity contribution in [2.45, 2.75) is 31.2 Å². The Bertz CT molecular complexity index is 1410. The predicted octanol–water partition coefficient (Wildman–Crippen LogP) is 5.16. The van der Waals surface area contributed by atoms with E-state index in [9.17, 15) is 4.79 Å². The molecule has 1 atom stereocenters. The SMILES string of the molecule is Cc1cccc(C)c1-n1nnnc1SC(C)c1nc2scc(-c3cccs3)c2c(=O)[nH]1. The average molecular weight is 467 g/mol. The molecular formula is C21H18N6OS3. The van der Waals surface area contributed by atoms with Crippen LogP contribution in [0, 0.1) is 13.8 Å². The van der Waals surface area contributed by atoms with Gasteiger partial charge in [0, 0.05) is 15.8 Å². The molecule has 0 saturated heterocycles. The van der Waals surface area contributed by atoms with Gasteiger partial charge in [0.05, 0.1) is 16.3 Å². The Hall–Kier alpha value is -2.82. The van der Waals surface area contributed by atoms with Crippen molar-refractivity contribution in [3.05, 3.63) is 68.4 Å². The van der Waals surface area contributed by atoms with Crippen LogP contribution in [0.25, 0.3) is 26.3 Å². The Labute approximate surface area is 190 Å². The van der Waals surface area contributed by atoms with E-state index in [0.717, 1.165) is 32.1 Å². The predicted molar refractivity (Wildman–Crippen MR) is 126 cm³/mol. The van der Waals surface area contributed by atoms with Crippen molar-refractivity contribution in [1.82, 2.24) is 30.2 Å². The maximum absolute atomic E-state index is 12.9. The number of fused-ring (bicyclic) bond motifs is 1. The number of hydrogen-bond donors (Lipinski definition) is 1. The summed E-state index contributed by atoms with van der Waals surface area (Å²) in [6.45, 7) is 6.07. The molecule has 1 N–H and O–H groups in total. The number of nitrogens with zero attached hydrogens (tertiary/aromatic N) is 5. The number of benzene rings is 1. The molecule has 0 aliphatic rings. The van der Waals surface area contributed by atoms with Crippen LogP contribution in [0.3, 0.4) is 0 Å². The van der Waals surface area contributed by atoms with E-state index < -0.39 is 0 Å². The molecule has 0 saturated carbocycles. The molecule has 4 heterocycles. The van der Waals surface area contributed by atoms with Gasteiger partial charge in [-0.2, -0.15) is 4.68 Å². The van der Waals surface area contributed by atoms with Crippen LogP contribution in [0.2, 0.25) is 0 Å². The highest BCUT2D eigenvalue weighted by molar-refractivity contribution is 7.99. The third kappa shape index (κ3) is 3.60. The van der Waals surface area contributed by atoms with E-state index in [1.165, 1.54) is 23.1 Å². The van der Waals surface area contributed by atoms with E-state index in [0.29, 0.717) is 16.4 Å². The van der Waals surface area contributed by atoms with Gasteiger partial charge in [0.1, 0.15) is 10.7 Å². The van der Waals surface area contributed by atoms with Crippen LogP contribution in [0.1, 0.15) is 29.1 Å². The largest absolute Gasteiger partial charge is 0.309 e. The summed E-state index contributed by atoms with van der Waals surface area (Å²) in [5.74, 6) is 0.609. The number of hydrogen-bond acceptors (Lipinski definition) is 8. The summed E-state index contributed by atoms with van der Waals surface area (Å²) < 4.78 is 1.75. The fourth-order valence-electron chi connectivity index (χ4n) is 3.52. The second-order valence-corrected chi connectivity index (χ2v) is 10.2. The molecule has 0 aliphatic carbocycles. The molecule has 31 heavy (non-hydrogen) atoms. The summed E-state index contributed by atoms with van der Waals surface area (Å²) >= 11 is 4.57. The van der Waals surface area contributed by atoms with Crippen LogP contribution < -0.4 is 5.56 Å². The van der Waals surface area contributed by atoms with E-state index in [2.05, 4.69) is 20.5 Å². The number of rotatable bonds is 5. The number of nitrogens with one attached hydrogen (secondary N) is 1. The smallest absolute Gasteiger partial charge is 0.260 e. The Morgan fingerprint density at radius 2 is 1.94 bits per heavy atom. The molecule has 0 aliphatic heterocycles. The zero-order valence-electron chi connectivity index (χ0n) is 17.0. The highest BCUT2D eigenvalue weighted by Gasteiger charge is 2.20. The lowest BCUT2D eigenvalue weighted by molar-refractivity contribution is 0.745. The van der Waals surface area contributed by atoms with Gasteiger partial charge in [-0.15, -0.1) is 27.8 Å². The molecule has 0 bridgehead atoms. The van der Waals surface area contributed by atoms with Crippen molar-refractivity contribution in [1.29, 1.82) is 0 Å². The third-order valence-corrected chi connectivity index (χ3v) is 7.83. The van der Waals surface area contributed by atoms with Crippen LogP contribution in [0.5, 0.6) is 0 Å². The van der Waals surface area contributed by atoms with Gasteiger partial charge in [0.25, 0.3) is 5.56 Å². The van der Waals surface area contributed by atoms with Crippen molar-refractivity contribution < 1.29 is 0 Å². The van der Waals surface area contributed by atoms with Gasteiger partial charge in [-0.1, -0.05) is 36.0 Å². The topological polar surface area (TPSA) is 89.3 Å². The average Bonchev–Trinajstić information content (AvgIpc) is 3.48. The van der Waals surface area contributed by atoms with Crippen LogP contribution >= 0.6 is 34.4 Å². The fourth-order valence-corrected chi connectivity index (χ4v) is 6.14. The summed E-state index contributed by atoms with van der Waals surface area (Å²) in [7, 11) is 0. The first kappa shape index (κ1) is 20.1. The van der Waals surface area contributed by atoms with Crippen LogP contribution in [-0.4, -0.2) is 30.2 Å². The zero-order chi connectivity index (χ0) is 21.5. The molecule has 0 spiro atoms. The summed E-state index contributed by atoms with van der Waals surface area (Å²) in [5.41, 5.74) is 3.97. The lowest BCUT2D eigenvalue weighted by Gasteiger charge is -2.13. The minimum absolute atomic E-state index is 0.119. The normalized spacial score (nSPS) is 12.5. The summed E-state index contributed by atoms with van der Waals surface area (Å²) in [5, 5.41) is 17.5. The van der Waals surface area contributed by atoms with Gasteiger partial charge >= 0.3 is 0 Å². The van der Waals surface area contributed by atoms with Crippen molar-refractivity contribution in [2.75, 3.05) is 0 Å². The van der Waals surface area contributed by atoms with E-state index in [1.54, 1.807) is 16.0 Å². The standard InChI is InChI=1S/C21H18N6OS3/c1-11-6-4-7-12(2)17(11)27-21(24-25-26-27)31-13(3)18-22-19(28)16-14(10-30-20(16)23-18)15-8-5-9-29-15/h4-10,13H,1-3H3,(H,22,23,28). The van der Waals surface area contributed by atoms with Crippen molar-refractivity contribution in [3.63, 3.8) is 0 Å². The highest BCUT2D eigenvalue weighted by Crippen LogP contribution is 2.36. The molecule has 0 radical (unpaired) electrons. The second kappa shape index (κ2) is 8.03. The first-order valence-corrected chi connectivity index (χ1v) is 12.2. The van der Waals surface area contributed by atoms with E-state index >= 15 is 0 Å². The number of aromatic amines is 1. The van der Waals surface area contributed by atoms with Gasteiger partial charge < -0.3 is 4.98 Å². The van der Waals surface area contributed by atoms with Gasteiger partial charge in [-0.3, -0.25) is 4.79 Å². The van der Waals surface area contributed by atoms with E-state index in [1.807, 2.05) is 61.9 Å². The Morgan fingerprint density at radius 1 is 1.13 bits per heavy atom. The first-order chi connectivity index (χ1) is 15.0. The van der Waals surface area contributed by atoms with Crippen molar-refractivity contribution in [3.8, 4) is 16.1 Å². The molecule has 0 amide bonds. The van der Waals surface area contributed by atoms with Crippen LogP contribution in [0.15, 0.2) is 51.0 Å². The van der Waals surface area contributed by atoms with Gasteiger partial charge in [-0.25, -0.2) is 4.98 Å². The Balaban J connectivity index is 1.49. The minimum atomic E-state index is -0.140. The van der Waals surface area contributed by atoms with Gasteiger partial charge in [0.15, 0.2) is 0 Å². The quantitative estimate of drug-likeness (QED) is 0.360. The monoisotopic (exact) mass is 466 g/mol. The molecule has 10 heteroatoms. The van der Waals surface area contributed by atoms with E-state index in [4.69, 9.17) is 4.98 Å². The second-order valence-electron chi connectivity index (χ2n) is 7.13. The molecule has 5 aromatic rings. The third-order valence-electron chi connectivity index (χ3n) is 5.01. The molecule has 4 aromatic heterocycles. The molecule has 156 valence electrons. The highest BCUT2D eigenvalue weighted by atomic mass is 32.2. The number of aromatic nitrogens is 6. The Morgan fingerprint density at radius 3 is 2.68 bits per heavy atom.